The lowest BCUT2D eigenvalue weighted by Crippen LogP contribution is -2.37. The van der Waals surface area contributed by atoms with Gasteiger partial charge in [0.05, 0.1) is 17.4 Å². The highest BCUT2D eigenvalue weighted by molar-refractivity contribution is 6.46. The SMILES string of the molecule is Cc1cc(/C(O)=C2/C(=O)C(=O)N(C3CCCC3)C2c2ccccn2)ccc1OC(C)C. The molecule has 162 valence electrons. The number of aliphatic hydroxyl groups excluding tert-OH is 1. The third kappa shape index (κ3) is 3.94. The third-order valence-corrected chi connectivity index (χ3v) is 5.98. The zero-order valence-corrected chi connectivity index (χ0v) is 18.2. The van der Waals surface area contributed by atoms with Gasteiger partial charge in [0.2, 0.25) is 0 Å². The topological polar surface area (TPSA) is 79.7 Å². The van der Waals surface area contributed by atoms with Gasteiger partial charge in [-0.3, -0.25) is 14.6 Å². The van der Waals surface area contributed by atoms with E-state index in [4.69, 9.17) is 4.74 Å². The van der Waals surface area contributed by atoms with Crippen LogP contribution in [0.3, 0.4) is 0 Å². The smallest absolute Gasteiger partial charge is 0.295 e. The maximum absolute atomic E-state index is 13.1. The van der Waals surface area contributed by atoms with Crippen LogP contribution in [0.25, 0.3) is 5.76 Å². The van der Waals surface area contributed by atoms with Crippen LogP contribution in [-0.2, 0) is 9.59 Å². The van der Waals surface area contributed by atoms with E-state index in [0.29, 0.717) is 11.3 Å². The van der Waals surface area contributed by atoms with Gasteiger partial charge in [-0.15, -0.1) is 0 Å². The molecular weight excluding hydrogens is 392 g/mol. The van der Waals surface area contributed by atoms with E-state index < -0.39 is 17.7 Å². The van der Waals surface area contributed by atoms with Gasteiger partial charge in [-0.25, -0.2) is 0 Å². The number of likely N-dealkylation sites (tertiary alicyclic amines) is 1. The Labute approximate surface area is 182 Å². The highest BCUT2D eigenvalue weighted by Gasteiger charge is 2.49. The number of carbonyl (C=O) groups is 2. The summed E-state index contributed by atoms with van der Waals surface area (Å²) in [6.07, 6.45) is 5.44. The number of amides is 1. The number of aryl methyl sites for hydroxylation is 1. The van der Waals surface area contributed by atoms with E-state index in [1.165, 1.54) is 0 Å². The van der Waals surface area contributed by atoms with Gasteiger partial charge in [0.1, 0.15) is 17.6 Å². The Bertz CT molecular complexity index is 1020. The molecule has 1 aromatic heterocycles. The van der Waals surface area contributed by atoms with Gasteiger partial charge in [0.25, 0.3) is 11.7 Å². The molecule has 1 aliphatic carbocycles. The van der Waals surface area contributed by atoms with Gasteiger partial charge in [-0.1, -0.05) is 18.9 Å². The minimum Gasteiger partial charge on any atom is -0.507 e. The number of ether oxygens (including phenoxy) is 1. The second kappa shape index (κ2) is 8.53. The molecule has 1 N–H and O–H groups in total. The summed E-state index contributed by atoms with van der Waals surface area (Å²) >= 11 is 0. The number of nitrogens with zero attached hydrogens (tertiary/aromatic N) is 2. The molecule has 2 aromatic rings. The Morgan fingerprint density at radius 2 is 1.90 bits per heavy atom. The quantitative estimate of drug-likeness (QED) is 0.436. The number of rotatable bonds is 5. The van der Waals surface area contributed by atoms with Crippen LogP contribution in [0.2, 0.25) is 0 Å². The van der Waals surface area contributed by atoms with Crippen LogP contribution in [-0.4, -0.2) is 38.8 Å². The normalized spacial score (nSPS) is 21.3. The summed E-state index contributed by atoms with van der Waals surface area (Å²) in [6, 6.07) is 10.0. The van der Waals surface area contributed by atoms with Crippen molar-refractivity contribution < 1.29 is 19.4 Å². The Morgan fingerprint density at radius 1 is 1.16 bits per heavy atom. The second-order valence-electron chi connectivity index (χ2n) is 8.55. The minimum absolute atomic E-state index is 0.0164. The molecule has 4 rings (SSSR count). The zero-order valence-electron chi connectivity index (χ0n) is 18.2. The number of Topliss-reactive ketones (excluding diaryl/α,β-unsaturated/α-hetero) is 1. The third-order valence-electron chi connectivity index (χ3n) is 5.98. The van der Waals surface area contributed by atoms with Crippen LogP contribution in [0.5, 0.6) is 5.75 Å². The number of hydrogen-bond donors (Lipinski definition) is 1. The van der Waals surface area contributed by atoms with E-state index >= 15 is 0 Å². The lowest BCUT2D eigenvalue weighted by molar-refractivity contribution is -0.141. The van der Waals surface area contributed by atoms with E-state index in [2.05, 4.69) is 4.98 Å². The van der Waals surface area contributed by atoms with Crippen LogP contribution in [0.4, 0.5) is 0 Å². The fourth-order valence-corrected chi connectivity index (χ4v) is 4.58. The number of aromatic nitrogens is 1. The fraction of sp³-hybridized carbons (Fsp3) is 0.400. The molecule has 1 amide bonds. The van der Waals surface area contributed by atoms with Crippen molar-refractivity contribution in [2.24, 2.45) is 0 Å². The number of ketones is 1. The first-order valence-corrected chi connectivity index (χ1v) is 10.9. The van der Waals surface area contributed by atoms with Crippen LogP contribution in [0, 0.1) is 6.92 Å². The van der Waals surface area contributed by atoms with Gasteiger partial charge < -0.3 is 14.7 Å². The van der Waals surface area contributed by atoms with Crippen molar-refractivity contribution >= 4 is 17.4 Å². The maximum atomic E-state index is 13.1. The Kier molecular flexibility index (Phi) is 5.81. The van der Waals surface area contributed by atoms with Crippen molar-refractivity contribution in [2.45, 2.75) is 64.6 Å². The van der Waals surface area contributed by atoms with Crippen LogP contribution in [0.1, 0.15) is 62.4 Å². The molecule has 2 fully saturated rings. The number of carbonyl (C=O) groups excluding carboxylic acids is 2. The highest BCUT2D eigenvalue weighted by Crippen LogP contribution is 2.43. The van der Waals surface area contributed by atoms with E-state index in [-0.39, 0.29) is 23.5 Å². The first-order chi connectivity index (χ1) is 14.9. The molecule has 1 saturated carbocycles. The molecule has 1 saturated heterocycles. The standard InChI is InChI=1S/C25H28N2O4/c1-15(2)31-20-12-11-17(14-16(20)3)23(28)21-22(19-10-6-7-13-26-19)27(25(30)24(21)29)18-8-4-5-9-18/h6-7,10-15,18,22,28H,4-5,8-9H2,1-3H3/b23-21-. The fourth-order valence-electron chi connectivity index (χ4n) is 4.58. The molecule has 0 radical (unpaired) electrons. The molecule has 1 atom stereocenters. The molecule has 31 heavy (non-hydrogen) atoms. The highest BCUT2D eigenvalue weighted by atomic mass is 16.5. The van der Waals surface area contributed by atoms with Crippen molar-refractivity contribution in [3.05, 3.63) is 65.0 Å². The largest absolute Gasteiger partial charge is 0.507 e. The monoisotopic (exact) mass is 420 g/mol. The van der Waals surface area contributed by atoms with Crippen molar-refractivity contribution in [1.82, 2.24) is 9.88 Å². The minimum atomic E-state index is -0.684. The maximum Gasteiger partial charge on any atom is 0.295 e. The molecule has 6 heteroatoms. The van der Waals surface area contributed by atoms with Crippen molar-refractivity contribution in [1.29, 1.82) is 0 Å². The van der Waals surface area contributed by atoms with Gasteiger partial charge in [-0.2, -0.15) is 0 Å². The molecular formula is C25H28N2O4. The second-order valence-corrected chi connectivity index (χ2v) is 8.55. The Balaban J connectivity index is 1.82. The molecule has 0 spiro atoms. The first kappa shape index (κ1) is 21.1. The average Bonchev–Trinajstić information content (AvgIpc) is 3.36. The average molecular weight is 421 g/mol. The van der Waals surface area contributed by atoms with Gasteiger partial charge >= 0.3 is 0 Å². The summed E-state index contributed by atoms with van der Waals surface area (Å²) in [7, 11) is 0. The lowest BCUT2D eigenvalue weighted by atomic mass is 9.97. The number of aliphatic hydroxyl groups is 1. The first-order valence-electron chi connectivity index (χ1n) is 10.9. The van der Waals surface area contributed by atoms with Crippen LogP contribution in [0.15, 0.2) is 48.2 Å². The number of pyridine rings is 1. The number of hydrogen-bond acceptors (Lipinski definition) is 5. The Morgan fingerprint density at radius 3 is 2.52 bits per heavy atom. The van der Waals surface area contributed by atoms with Gasteiger partial charge in [0.15, 0.2) is 0 Å². The Hall–Kier alpha value is -3.15. The van der Waals surface area contributed by atoms with Gasteiger partial charge in [-0.05, 0) is 69.5 Å². The summed E-state index contributed by atoms with van der Waals surface area (Å²) in [4.78, 5) is 32.2. The predicted molar refractivity (Wildman–Crippen MR) is 118 cm³/mol. The van der Waals surface area contributed by atoms with E-state index in [0.717, 1.165) is 37.0 Å². The van der Waals surface area contributed by atoms with Gasteiger partial charge in [0, 0.05) is 17.8 Å². The predicted octanol–water partition coefficient (Wildman–Crippen LogP) is 4.54. The van der Waals surface area contributed by atoms with Crippen LogP contribution < -0.4 is 4.74 Å². The summed E-state index contributed by atoms with van der Waals surface area (Å²) in [5.74, 6) is -0.659. The van der Waals surface area contributed by atoms with Crippen molar-refractivity contribution in [3.8, 4) is 5.75 Å². The van der Waals surface area contributed by atoms with Crippen molar-refractivity contribution in [2.75, 3.05) is 0 Å². The summed E-state index contributed by atoms with van der Waals surface area (Å²) < 4.78 is 5.78. The molecule has 2 heterocycles. The lowest BCUT2D eigenvalue weighted by Gasteiger charge is -2.30. The van der Waals surface area contributed by atoms with E-state index in [9.17, 15) is 14.7 Å². The van der Waals surface area contributed by atoms with Crippen molar-refractivity contribution in [3.63, 3.8) is 0 Å². The van der Waals surface area contributed by atoms with E-state index in [1.54, 1.807) is 41.4 Å². The molecule has 1 unspecified atom stereocenters. The summed E-state index contributed by atoms with van der Waals surface area (Å²) in [6.45, 7) is 5.79. The number of benzene rings is 1. The summed E-state index contributed by atoms with van der Waals surface area (Å²) in [5.41, 5.74) is 2.02. The zero-order chi connectivity index (χ0) is 22.1. The molecule has 2 aliphatic rings. The molecule has 1 aromatic carbocycles. The molecule has 0 bridgehead atoms. The van der Waals surface area contributed by atoms with Crippen LogP contribution >= 0.6 is 0 Å². The molecule has 1 aliphatic heterocycles. The summed E-state index contributed by atoms with van der Waals surface area (Å²) in [5, 5.41) is 11.2. The van der Waals surface area contributed by atoms with E-state index in [1.807, 2.05) is 26.8 Å². The molecule has 6 nitrogen and oxygen atoms in total.